The summed E-state index contributed by atoms with van der Waals surface area (Å²) >= 11 is 1.70. The Bertz CT molecular complexity index is 292. The summed E-state index contributed by atoms with van der Waals surface area (Å²) < 4.78 is 0. The lowest BCUT2D eigenvalue weighted by Crippen LogP contribution is -2.47. The molecule has 0 aromatic carbocycles. The Morgan fingerprint density at radius 2 is 2.13 bits per heavy atom. The van der Waals surface area contributed by atoms with Gasteiger partial charge in [-0.15, -0.1) is 11.3 Å². The van der Waals surface area contributed by atoms with E-state index >= 15 is 0 Å². The maximum Gasteiger partial charge on any atom is 0.107 e. The van der Waals surface area contributed by atoms with Crippen molar-refractivity contribution < 1.29 is 0 Å². The van der Waals surface area contributed by atoms with Crippen molar-refractivity contribution >= 4 is 11.3 Å². The summed E-state index contributed by atoms with van der Waals surface area (Å²) in [7, 11) is 0. The molecule has 1 aromatic rings. The van der Waals surface area contributed by atoms with Gasteiger partial charge in [-0.3, -0.25) is 0 Å². The number of aromatic nitrogens is 1. The number of rotatable bonds is 6. The molecular formula is C11H21N3S. The predicted molar refractivity (Wildman–Crippen MR) is 66.1 cm³/mol. The lowest BCUT2D eigenvalue weighted by atomic mass is 9.94. The van der Waals surface area contributed by atoms with Crippen molar-refractivity contribution in [2.24, 2.45) is 5.73 Å². The van der Waals surface area contributed by atoms with Gasteiger partial charge >= 0.3 is 0 Å². The number of aryl methyl sites for hydroxylation is 1. The summed E-state index contributed by atoms with van der Waals surface area (Å²) in [4.78, 5) is 4.40. The molecule has 0 aliphatic rings. The van der Waals surface area contributed by atoms with Gasteiger partial charge in [-0.1, -0.05) is 13.8 Å². The Morgan fingerprint density at radius 3 is 2.60 bits per heavy atom. The van der Waals surface area contributed by atoms with Crippen molar-refractivity contribution in [3.05, 3.63) is 16.1 Å². The number of nitrogens with one attached hydrogen (secondary N) is 1. The highest BCUT2D eigenvalue weighted by Gasteiger charge is 2.19. The monoisotopic (exact) mass is 227 g/mol. The molecule has 0 spiro atoms. The van der Waals surface area contributed by atoms with Crippen molar-refractivity contribution in [1.29, 1.82) is 0 Å². The Balaban J connectivity index is 2.32. The van der Waals surface area contributed by atoms with Crippen LogP contribution in [0.3, 0.4) is 0 Å². The van der Waals surface area contributed by atoms with Crippen LogP contribution < -0.4 is 11.1 Å². The fourth-order valence-electron chi connectivity index (χ4n) is 1.40. The van der Waals surface area contributed by atoms with Crippen LogP contribution in [0.25, 0.3) is 0 Å². The van der Waals surface area contributed by atoms with Crippen molar-refractivity contribution in [2.45, 2.75) is 45.7 Å². The zero-order valence-electron chi connectivity index (χ0n) is 9.84. The van der Waals surface area contributed by atoms with E-state index in [0.29, 0.717) is 0 Å². The topological polar surface area (TPSA) is 50.9 Å². The maximum atomic E-state index is 6.19. The highest BCUT2D eigenvalue weighted by atomic mass is 32.1. The third kappa shape index (κ3) is 3.89. The minimum atomic E-state index is -0.0632. The van der Waals surface area contributed by atoms with Crippen LogP contribution in [-0.2, 0) is 6.54 Å². The maximum absolute atomic E-state index is 6.19. The van der Waals surface area contributed by atoms with Gasteiger partial charge in [-0.25, -0.2) is 4.98 Å². The van der Waals surface area contributed by atoms with E-state index in [1.165, 1.54) is 0 Å². The Hall–Kier alpha value is -0.450. The molecule has 0 saturated heterocycles. The van der Waals surface area contributed by atoms with Crippen molar-refractivity contribution in [1.82, 2.24) is 10.3 Å². The minimum absolute atomic E-state index is 0.0632. The second-order valence-electron chi connectivity index (χ2n) is 4.06. The van der Waals surface area contributed by atoms with Crippen molar-refractivity contribution in [3.63, 3.8) is 0 Å². The molecule has 0 unspecified atom stereocenters. The fraction of sp³-hybridized carbons (Fsp3) is 0.727. The van der Waals surface area contributed by atoms with Crippen LogP contribution in [-0.4, -0.2) is 17.1 Å². The van der Waals surface area contributed by atoms with Gasteiger partial charge in [0.05, 0.1) is 0 Å². The summed E-state index contributed by atoms with van der Waals surface area (Å²) in [5.41, 5.74) is 7.22. The highest BCUT2D eigenvalue weighted by molar-refractivity contribution is 7.09. The van der Waals surface area contributed by atoms with Crippen molar-refractivity contribution in [3.8, 4) is 0 Å². The van der Waals surface area contributed by atoms with Gasteiger partial charge in [-0.05, 0) is 19.8 Å². The average Bonchev–Trinajstić information content (AvgIpc) is 2.64. The van der Waals surface area contributed by atoms with Crippen molar-refractivity contribution in [2.75, 3.05) is 6.54 Å². The first kappa shape index (κ1) is 12.6. The van der Waals surface area contributed by atoms with Gasteiger partial charge in [0.2, 0.25) is 0 Å². The van der Waals surface area contributed by atoms with E-state index in [1.54, 1.807) is 11.3 Å². The lowest BCUT2D eigenvalue weighted by molar-refractivity contribution is 0.369. The van der Waals surface area contributed by atoms with E-state index in [9.17, 15) is 0 Å². The first-order chi connectivity index (χ1) is 7.09. The third-order valence-electron chi connectivity index (χ3n) is 2.83. The van der Waals surface area contributed by atoms with E-state index in [2.05, 4.69) is 29.5 Å². The zero-order chi connectivity index (χ0) is 11.3. The van der Waals surface area contributed by atoms with Gasteiger partial charge in [-0.2, -0.15) is 0 Å². The second-order valence-corrected chi connectivity index (χ2v) is 5.00. The standard InChI is InChI=1S/C11H21N3S/c1-4-11(12,5-2)8-13-6-10-14-9(3)7-15-10/h7,13H,4-6,8,12H2,1-3H3. The fourth-order valence-corrected chi connectivity index (χ4v) is 2.14. The van der Waals surface area contributed by atoms with E-state index in [0.717, 1.165) is 36.6 Å². The third-order valence-corrected chi connectivity index (χ3v) is 3.79. The largest absolute Gasteiger partial charge is 0.324 e. The van der Waals surface area contributed by atoms with Crippen LogP contribution in [0.2, 0.25) is 0 Å². The van der Waals surface area contributed by atoms with Gasteiger partial charge in [0, 0.05) is 29.7 Å². The van der Waals surface area contributed by atoms with Gasteiger partial charge < -0.3 is 11.1 Å². The molecule has 0 atom stereocenters. The summed E-state index contributed by atoms with van der Waals surface area (Å²) in [6.07, 6.45) is 2.01. The molecular weight excluding hydrogens is 206 g/mol. The van der Waals surface area contributed by atoms with Crippen LogP contribution in [0.15, 0.2) is 5.38 Å². The quantitative estimate of drug-likeness (QED) is 0.782. The van der Waals surface area contributed by atoms with Crippen LogP contribution in [0.4, 0.5) is 0 Å². The molecule has 0 radical (unpaired) electrons. The summed E-state index contributed by atoms with van der Waals surface area (Å²) in [5.74, 6) is 0. The van der Waals surface area contributed by atoms with Crippen LogP contribution in [0.5, 0.6) is 0 Å². The smallest absolute Gasteiger partial charge is 0.107 e. The highest BCUT2D eigenvalue weighted by Crippen LogP contribution is 2.11. The Kier molecular flexibility index (Phi) is 4.70. The molecule has 0 amide bonds. The normalized spacial score (nSPS) is 12.0. The van der Waals surface area contributed by atoms with Crippen LogP contribution in [0.1, 0.15) is 37.4 Å². The van der Waals surface area contributed by atoms with E-state index < -0.39 is 0 Å². The molecule has 4 heteroatoms. The molecule has 1 heterocycles. The number of nitrogens with two attached hydrogens (primary N) is 1. The van der Waals surface area contributed by atoms with Gasteiger partial charge in [0.25, 0.3) is 0 Å². The number of hydrogen-bond donors (Lipinski definition) is 2. The molecule has 0 aliphatic carbocycles. The first-order valence-electron chi connectivity index (χ1n) is 5.50. The average molecular weight is 227 g/mol. The van der Waals surface area contributed by atoms with E-state index in [-0.39, 0.29) is 5.54 Å². The Morgan fingerprint density at radius 1 is 1.47 bits per heavy atom. The van der Waals surface area contributed by atoms with Gasteiger partial charge in [0.1, 0.15) is 5.01 Å². The molecule has 3 N–H and O–H groups in total. The number of nitrogens with zero attached hydrogens (tertiary/aromatic N) is 1. The van der Waals surface area contributed by atoms with Crippen LogP contribution >= 0.6 is 11.3 Å². The Labute approximate surface area is 96.1 Å². The molecule has 3 nitrogen and oxygen atoms in total. The molecule has 0 saturated carbocycles. The molecule has 86 valence electrons. The minimum Gasteiger partial charge on any atom is -0.324 e. The zero-order valence-corrected chi connectivity index (χ0v) is 10.7. The van der Waals surface area contributed by atoms with E-state index in [1.807, 2.05) is 6.92 Å². The molecule has 15 heavy (non-hydrogen) atoms. The van der Waals surface area contributed by atoms with Gasteiger partial charge in [0.15, 0.2) is 0 Å². The first-order valence-corrected chi connectivity index (χ1v) is 6.38. The number of hydrogen-bond acceptors (Lipinski definition) is 4. The molecule has 0 aliphatic heterocycles. The summed E-state index contributed by atoms with van der Waals surface area (Å²) in [6, 6.07) is 0. The second kappa shape index (κ2) is 5.58. The van der Waals surface area contributed by atoms with E-state index in [4.69, 9.17) is 5.73 Å². The molecule has 0 bridgehead atoms. The predicted octanol–water partition coefficient (Wildman–Crippen LogP) is 2.06. The van der Waals surface area contributed by atoms with Crippen LogP contribution in [0, 0.1) is 6.92 Å². The summed E-state index contributed by atoms with van der Waals surface area (Å²) in [5, 5.41) is 6.60. The summed E-state index contributed by atoms with van der Waals surface area (Å²) in [6.45, 7) is 7.98. The molecule has 0 fully saturated rings. The molecule has 1 aromatic heterocycles. The molecule has 1 rings (SSSR count). The lowest BCUT2D eigenvalue weighted by Gasteiger charge is -2.26. The number of thiazole rings is 1. The SMILES string of the molecule is CCC(N)(CC)CNCc1nc(C)cs1.